The molecule has 110 valence electrons. The van der Waals surface area contributed by atoms with Gasteiger partial charge in [0.05, 0.1) is 6.10 Å². The quantitative estimate of drug-likeness (QED) is 0.885. The molecule has 1 aromatic rings. The van der Waals surface area contributed by atoms with Crippen LogP contribution in [0.5, 0.6) is 5.75 Å². The second kappa shape index (κ2) is 5.40. The summed E-state index contributed by atoms with van der Waals surface area (Å²) < 4.78 is 18.2. The van der Waals surface area contributed by atoms with Crippen LogP contribution in [0.25, 0.3) is 0 Å². The van der Waals surface area contributed by atoms with E-state index >= 15 is 0 Å². The van der Waals surface area contributed by atoms with Crippen molar-refractivity contribution in [1.82, 2.24) is 5.32 Å². The summed E-state index contributed by atoms with van der Waals surface area (Å²) in [6.45, 7) is 5.47. The highest BCUT2D eigenvalue weighted by atomic mass is 19.1. The fourth-order valence-corrected chi connectivity index (χ4v) is 2.21. The van der Waals surface area contributed by atoms with E-state index in [4.69, 9.17) is 4.74 Å². The zero-order chi connectivity index (χ0) is 14.9. The first-order chi connectivity index (χ1) is 9.30. The number of hydrogen-bond donors (Lipinski definition) is 2. The number of rotatable bonds is 4. The highest BCUT2D eigenvalue weighted by Gasteiger charge is 2.48. The Morgan fingerprint density at radius 3 is 2.55 bits per heavy atom. The predicted molar refractivity (Wildman–Crippen MR) is 72.8 cm³/mol. The molecule has 0 heterocycles. The van der Waals surface area contributed by atoms with Gasteiger partial charge in [0.1, 0.15) is 11.6 Å². The van der Waals surface area contributed by atoms with Crippen LogP contribution in [-0.2, 0) is 4.79 Å². The molecule has 20 heavy (non-hydrogen) atoms. The molecule has 1 aliphatic rings. The van der Waals surface area contributed by atoms with Crippen molar-refractivity contribution in [3.05, 3.63) is 30.1 Å². The van der Waals surface area contributed by atoms with Crippen LogP contribution in [0.4, 0.5) is 4.39 Å². The van der Waals surface area contributed by atoms with Crippen LogP contribution in [0.2, 0.25) is 0 Å². The SMILES string of the molecule is CC(Oc1ccc(F)cc1)C(=O)NC1CC(O)C1(C)C. The van der Waals surface area contributed by atoms with E-state index in [1.165, 1.54) is 24.3 Å². The second-order valence-electron chi connectivity index (χ2n) is 5.85. The van der Waals surface area contributed by atoms with Gasteiger partial charge in [-0.15, -0.1) is 0 Å². The van der Waals surface area contributed by atoms with Gasteiger partial charge in [-0.05, 0) is 37.6 Å². The summed E-state index contributed by atoms with van der Waals surface area (Å²) in [6.07, 6.45) is -0.503. The van der Waals surface area contributed by atoms with Gasteiger partial charge in [0.15, 0.2) is 6.10 Å². The standard InChI is InChI=1S/C15H20FNO3/c1-9(20-11-6-4-10(16)5-7-11)14(19)17-12-8-13(18)15(12,2)3/h4-7,9,12-13,18H,8H2,1-3H3,(H,17,19). The molecule has 0 aliphatic heterocycles. The third kappa shape index (κ3) is 2.93. The second-order valence-corrected chi connectivity index (χ2v) is 5.85. The molecule has 0 aromatic heterocycles. The number of ether oxygens (including phenoxy) is 1. The van der Waals surface area contributed by atoms with Crippen molar-refractivity contribution in [1.29, 1.82) is 0 Å². The topological polar surface area (TPSA) is 58.6 Å². The highest BCUT2D eigenvalue weighted by Crippen LogP contribution is 2.40. The summed E-state index contributed by atoms with van der Waals surface area (Å²) >= 11 is 0. The van der Waals surface area contributed by atoms with Crippen molar-refractivity contribution in [2.45, 2.75) is 45.4 Å². The van der Waals surface area contributed by atoms with E-state index in [0.717, 1.165) is 0 Å². The number of benzene rings is 1. The molecule has 2 rings (SSSR count). The molecular weight excluding hydrogens is 261 g/mol. The first-order valence-electron chi connectivity index (χ1n) is 6.71. The highest BCUT2D eigenvalue weighted by molar-refractivity contribution is 5.81. The van der Waals surface area contributed by atoms with E-state index in [1.807, 2.05) is 13.8 Å². The molecule has 0 radical (unpaired) electrons. The zero-order valence-corrected chi connectivity index (χ0v) is 11.9. The molecule has 2 N–H and O–H groups in total. The Balaban J connectivity index is 1.88. The lowest BCUT2D eigenvalue weighted by Gasteiger charge is -2.49. The van der Waals surface area contributed by atoms with Crippen molar-refractivity contribution in [3.63, 3.8) is 0 Å². The van der Waals surface area contributed by atoms with Crippen LogP contribution in [0.15, 0.2) is 24.3 Å². The third-order valence-electron chi connectivity index (χ3n) is 4.03. The van der Waals surface area contributed by atoms with Gasteiger partial charge < -0.3 is 15.2 Å². The Kier molecular flexibility index (Phi) is 3.99. The fourth-order valence-electron chi connectivity index (χ4n) is 2.21. The molecule has 4 nitrogen and oxygen atoms in total. The largest absolute Gasteiger partial charge is 0.481 e. The van der Waals surface area contributed by atoms with E-state index in [9.17, 15) is 14.3 Å². The Bertz CT molecular complexity index is 486. The minimum Gasteiger partial charge on any atom is -0.481 e. The number of halogens is 1. The maximum absolute atomic E-state index is 12.8. The molecular formula is C15H20FNO3. The summed E-state index contributed by atoms with van der Waals surface area (Å²) in [7, 11) is 0. The van der Waals surface area contributed by atoms with E-state index in [-0.39, 0.29) is 29.3 Å². The van der Waals surface area contributed by atoms with E-state index < -0.39 is 6.10 Å². The maximum atomic E-state index is 12.8. The summed E-state index contributed by atoms with van der Waals surface area (Å²) in [6, 6.07) is 5.48. The van der Waals surface area contributed by atoms with Crippen LogP contribution in [-0.4, -0.2) is 29.3 Å². The summed E-state index contributed by atoms with van der Waals surface area (Å²) in [4.78, 5) is 12.0. The summed E-state index contributed by atoms with van der Waals surface area (Å²) in [5, 5.41) is 12.5. The third-order valence-corrected chi connectivity index (χ3v) is 4.03. The van der Waals surface area contributed by atoms with Crippen molar-refractivity contribution in [3.8, 4) is 5.75 Å². The monoisotopic (exact) mass is 281 g/mol. The summed E-state index contributed by atoms with van der Waals surface area (Å²) in [5.74, 6) is -0.138. The van der Waals surface area contributed by atoms with Crippen LogP contribution in [0.3, 0.4) is 0 Å². The number of aliphatic hydroxyl groups excluding tert-OH is 1. The molecule has 3 atom stereocenters. The van der Waals surface area contributed by atoms with Gasteiger partial charge in [-0.25, -0.2) is 4.39 Å². The van der Waals surface area contributed by atoms with Crippen molar-refractivity contribution in [2.75, 3.05) is 0 Å². The van der Waals surface area contributed by atoms with Crippen LogP contribution < -0.4 is 10.1 Å². The molecule has 0 saturated heterocycles. The zero-order valence-electron chi connectivity index (χ0n) is 11.9. The van der Waals surface area contributed by atoms with Crippen molar-refractivity contribution >= 4 is 5.91 Å². The normalized spacial score (nSPS) is 25.4. The first-order valence-corrected chi connectivity index (χ1v) is 6.71. The van der Waals surface area contributed by atoms with Gasteiger partial charge in [-0.1, -0.05) is 13.8 Å². The van der Waals surface area contributed by atoms with E-state index in [2.05, 4.69) is 5.32 Å². The number of aliphatic hydroxyl groups is 1. The molecule has 1 aliphatic carbocycles. The van der Waals surface area contributed by atoms with Crippen LogP contribution in [0, 0.1) is 11.2 Å². The van der Waals surface area contributed by atoms with Crippen LogP contribution >= 0.6 is 0 Å². The molecule has 3 unspecified atom stereocenters. The lowest BCUT2D eigenvalue weighted by atomic mass is 9.64. The average molecular weight is 281 g/mol. The number of hydrogen-bond acceptors (Lipinski definition) is 3. The van der Waals surface area contributed by atoms with Gasteiger partial charge in [0.25, 0.3) is 5.91 Å². The Hall–Kier alpha value is -1.62. The number of carbonyl (C=O) groups is 1. The molecule has 0 bridgehead atoms. The van der Waals surface area contributed by atoms with Gasteiger partial charge in [-0.2, -0.15) is 0 Å². The summed E-state index contributed by atoms with van der Waals surface area (Å²) in [5.41, 5.74) is -0.314. The predicted octanol–water partition coefficient (Wildman–Crippen LogP) is 1.87. The molecule has 0 spiro atoms. The number of carbonyl (C=O) groups excluding carboxylic acids is 1. The maximum Gasteiger partial charge on any atom is 0.261 e. The molecule has 5 heteroatoms. The van der Waals surface area contributed by atoms with Crippen LogP contribution in [0.1, 0.15) is 27.2 Å². The minimum absolute atomic E-state index is 0.0516. The average Bonchev–Trinajstić information content (AvgIpc) is 2.40. The van der Waals surface area contributed by atoms with Gasteiger partial charge in [-0.3, -0.25) is 4.79 Å². The Morgan fingerprint density at radius 1 is 1.45 bits per heavy atom. The first kappa shape index (κ1) is 14.8. The minimum atomic E-state index is -0.672. The van der Waals surface area contributed by atoms with E-state index in [0.29, 0.717) is 12.2 Å². The molecule has 1 saturated carbocycles. The molecule has 1 aromatic carbocycles. The smallest absolute Gasteiger partial charge is 0.261 e. The van der Waals surface area contributed by atoms with Gasteiger partial charge in [0.2, 0.25) is 0 Å². The number of amides is 1. The Labute approximate surface area is 117 Å². The fraction of sp³-hybridized carbons (Fsp3) is 0.533. The lowest BCUT2D eigenvalue weighted by molar-refractivity contribution is -0.135. The van der Waals surface area contributed by atoms with Crippen molar-refractivity contribution < 1.29 is 19.0 Å². The molecule has 1 amide bonds. The Morgan fingerprint density at radius 2 is 2.05 bits per heavy atom. The van der Waals surface area contributed by atoms with Gasteiger partial charge >= 0.3 is 0 Å². The molecule has 1 fully saturated rings. The number of nitrogens with one attached hydrogen (secondary N) is 1. The van der Waals surface area contributed by atoms with Gasteiger partial charge in [0, 0.05) is 11.5 Å². The van der Waals surface area contributed by atoms with Crippen molar-refractivity contribution in [2.24, 2.45) is 5.41 Å². The van der Waals surface area contributed by atoms with E-state index in [1.54, 1.807) is 6.92 Å². The lowest BCUT2D eigenvalue weighted by Crippen LogP contribution is -2.62.